The first-order valence-electron chi connectivity index (χ1n) is 5.49. The van der Waals surface area contributed by atoms with E-state index in [0.29, 0.717) is 5.56 Å². The molecule has 0 aliphatic rings. The molecular weight excluding hydrogens is 230 g/mol. The van der Waals surface area contributed by atoms with Crippen LogP contribution in [-0.2, 0) is 7.05 Å². The predicted octanol–water partition coefficient (Wildman–Crippen LogP) is 2.27. The number of aromatic amines is 1. The Kier molecular flexibility index (Phi) is 2.19. The molecule has 5 heteroatoms. The number of fused-ring (bicyclic) bond motifs is 1. The van der Waals surface area contributed by atoms with Crippen molar-refractivity contribution < 1.29 is 9.90 Å². The van der Waals surface area contributed by atoms with Gasteiger partial charge in [0.25, 0.3) is 0 Å². The lowest BCUT2D eigenvalue weighted by Crippen LogP contribution is -1.98. The second-order valence-corrected chi connectivity index (χ2v) is 4.13. The molecule has 0 aliphatic carbocycles. The van der Waals surface area contributed by atoms with E-state index in [2.05, 4.69) is 10.2 Å². The van der Waals surface area contributed by atoms with E-state index >= 15 is 0 Å². The van der Waals surface area contributed by atoms with Gasteiger partial charge in [0.15, 0.2) is 5.69 Å². The van der Waals surface area contributed by atoms with Crippen molar-refractivity contribution in [3.63, 3.8) is 0 Å². The molecule has 0 atom stereocenters. The average Bonchev–Trinajstić information content (AvgIpc) is 2.95. The van der Waals surface area contributed by atoms with Crippen LogP contribution in [0.2, 0.25) is 0 Å². The average molecular weight is 241 g/mol. The minimum absolute atomic E-state index is 0.117. The van der Waals surface area contributed by atoms with Gasteiger partial charge in [0.05, 0.1) is 6.20 Å². The fraction of sp³-hybridized carbons (Fsp3) is 0.0769. The first-order chi connectivity index (χ1) is 8.68. The number of aryl methyl sites for hydroxylation is 1. The lowest BCUT2D eigenvalue weighted by Gasteiger charge is -1.97. The van der Waals surface area contributed by atoms with Crippen molar-refractivity contribution in [3.8, 4) is 11.1 Å². The number of nitrogens with one attached hydrogen (secondary N) is 1. The Morgan fingerprint density at radius 3 is 2.89 bits per heavy atom. The van der Waals surface area contributed by atoms with Gasteiger partial charge < -0.3 is 9.67 Å². The zero-order valence-corrected chi connectivity index (χ0v) is 9.71. The lowest BCUT2D eigenvalue weighted by molar-refractivity contribution is 0.0691. The molecule has 0 amide bonds. The van der Waals surface area contributed by atoms with Gasteiger partial charge in [-0.2, -0.15) is 5.10 Å². The Labute approximate surface area is 103 Å². The van der Waals surface area contributed by atoms with Gasteiger partial charge >= 0.3 is 5.97 Å². The molecule has 0 fully saturated rings. The van der Waals surface area contributed by atoms with Crippen LogP contribution in [0.1, 0.15) is 10.5 Å². The molecule has 3 rings (SSSR count). The zero-order chi connectivity index (χ0) is 12.7. The van der Waals surface area contributed by atoms with Crippen LogP contribution < -0.4 is 0 Å². The number of carboxylic acid groups (broad SMARTS) is 1. The Morgan fingerprint density at radius 2 is 2.11 bits per heavy atom. The maximum Gasteiger partial charge on any atom is 0.354 e. The largest absolute Gasteiger partial charge is 0.477 e. The number of nitrogens with zero attached hydrogens (tertiary/aromatic N) is 2. The highest BCUT2D eigenvalue weighted by Crippen LogP contribution is 2.31. The van der Waals surface area contributed by atoms with Crippen LogP contribution in [0.3, 0.4) is 0 Å². The van der Waals surface area contributed by atoms with E-state index < -0.39 is 5.97 Å². The van der Waals surface area contributed by atoms with Gasteiger partial charge in [0.2, 0.25) is 0 Å². The molecule has 2 heterocycles. The van der Waals surface area contributed by atoms with Gasteiger partial charge in [0.1, 0.15) is 0 Å². The van der Waals surface area contributed by atoms with Gasteiger partial charge in [-0.3, -0.25) is 5.10 Å². The van der Waals surface area contributed by atoms with Crippen molar-refractivity contribution in [2.45, 2.75) is 0 Å². The first kappa shape index (κ1) is 10.6. The number of carboxylic acids is 1. The minimum Gasteiger partial charge on any atom is -0.477 e. The SMILES string of the molecule is Cn1cc(-c2cn[nH]c2C(=O)O)c2ccccc21. The van der Waals surface area contributed by atoms with E-state index in [4.69, 9.17) is 5.11 Å². The van der Waals surface area contributed by atoms with Crippen LogP contribution in [0.4, 0.5) is 0 Å². The number of para-hydroxylation sites is 1. The summed E-state index contributed by atoms with van der Waals surface area (Å²) in [5, 5.41) is 16.5. The summed E-state index contributed by atoms with van der Waals surface area (Å²) in [4.78, 5) is 11.1. The number of aromatic nitrogens is 3. The summed E-state index contributed by atoms with van der Waals surface area (Å²) in [5.41, 5.74) is 2.66. The highest BCUT2D eigenvalue weighted by atomic mass is 16.4. The number of rotatable bonds is 2. The summed E-state index contributed by atoms with van der Waals surface area (Å²) in [7, 11) is 1.94. The number of benzene rings is 1. The quantitative estimate of drug-likeness (QED) is 0.723. The summed E-state index contributed by atoms with van der Waals surface area (Å²) < 4.78 is 1.98. The predicted molar refractivity (Wildman–Crippen MR) is 67.5 cm³/mol. The van der Waals surface area contributed by atoms with Crippen LogP contribution in [0.5, 0.6) is 0 Å². The fourth-order valence-electron chi connectivity index (χ4n) is 2.21. The summed E-state index contributed by atoms with van der Waals surface area (Å²) in [6.45, 7) is 0. The maximum atomic E-state index is 11.1. The van der Waals surface area contributed by atoms with Crippen molar-refractivity contribution in [2.24, 2.45) is 7.05 Å². The van der Waals surface area contributed by atoms with Crippen molar-refractivity contribution >= 4 is 16.9 Å². The number of hydrogen-bond donors (Lipinski definition) is 2. The number of hydrogen-bond acceptors (Lipinski definition) is 2. The molecule has 90 valence electrons. The fourth-order valence-corrected chi connectivity index (χ4v) is 2.21. The Hall–Kier alpha value is -2.56. The van der Waals surface area contributed by atoms with Gasteiger partial charge in [-0.1, -0.05) is 18.2 Å². The van der Waals surface area contributed by atoms with E-state index in [1.54, 1.807) is 6.20 Å². The van der Waals surface area contributed by atoms with Crippen LogP contribution >= 0.6 is 0 Å². The number of carbonyl (C=O) groups is 1. The molecule has 0 saturated carbocycles. The second kappa shape index (κ2) is 3.73. The molecule has 0 unspecified atom stereocenters. The Balaban J connectivity index is 2.32. The summed E-state index contributed by atoms with van der Waals surface area (Å²) in [5.74, 6) is -1.00. The monoisotopic (exact) mass is 241 g/mol. The highest BCUT2D eigenvalue weighted by molar-refractivity contribution is 6.02. The van der Waals surface area contributed by atoms with Crippen molar-refractivity contribution in [2.75, 3.05) is 0 Å². The topological polar surface area (TPSA) is 70.9 Å². The molecular formula is C13H11N3O2. The van der Waals surface area contributed by atoms with E-state index in [1.807, 2.05) is 42.1 Å². The summed E-state index contributed by atoms with van der Waals surface area (Å²) in [6.07, 6.45) is 3.47. The molecule has 3 aromatic rings. The van der Waals surface area contributed by atoms with Crippen LogP contribution in [-0.4, -0.2) is 25.8 Å². The maximum absolute atomic E-state index is 11.1. The van der Waals surface area contributed by atoms with Crippen molar-refractivity contribution in [1.29, 1.82) is 0 Å². The molecule has 0 aliphatic heterocycles. The third kappa shape index (κ3) is 1.41. The zero-order valence-electron chi connectivity index (χ0n) is 9.71. The summed E-state index contributed by atoms with van der Waals surface area (Å²) >= 11 is 0. The molecule has 0 saturated heterocycles. The van der Waals surface area contributed by atoms with Gasteiger partial charge in [-0.15, -0.1) is 0 Å². The lowest BCUT2D eigenvalue weighted by atomic mass is 10.1. The van der Waals surface area contributed by atoms with Crippen LogP contribution in [0.25, 0.3) is 22.0 Å². The third-order valence-electron chi connectivity index (χ3n) is 3.04. The minimum atomic E-state index is -1.00. The van der Waals surface area contributed by atoms with E-state index in [0.717, 1.165) is 16.5 Å². The molecule has 0 radical (unpaired) electrons. The molecule has 18 heavy (non-hydrogen) atoms. The van der Waals surface area contributed by atoms with Gasteiger partial charge in [0, 0.05) is 35.3 Å². The molecule has 2 aromatic heterocycles. The molecule has 1 aromatic carbocycles. The number of aromatic carboxylic acids is 1. The molecule has 0 bridgehead atoms. The molecule has 2 N–H and O–H groups in total. The van der Waals surface area contributed by atoms with E-state index in [-0.39, 0.29) is 5.69 Å². The third-order valence-corrected chi connectivity index (χ3v) is 3.04. The summed E-state index contributed by atoms with van der Waals surface area (Å²) in [6, 6.07) is 7.87. The number of H-pyrrole nitrogens is 1. The smallest absolute Gasteiger partial charge is 0.354 e. The highest BCUT2D eigenvalue weighted by Gasteiger charge is 2.17. The van der Waals surface area contributed by atoms with Gasteiger partial charge in [-0.05, 0) is 6.07 Å². The van der Waals surface area contributed by atoms with Crippen LogP contribution in [0, 0.1) is 0 Å². The van der Waals surface area contributed by atoms with Gasteiger partial charge in [-0.25, -0.2) is 4.79 Å². The standard InChI is InChI=1S/C13H11N3O2/c1-16-7-10(8-4-2-3-5-11(8)16)9-6-14-15-12(9)13(17)18/h2-7H,1H3,(H,14,15)(H,17,18). The first-order valence-corrected chi connectivity index (χ1v) is 5.49. The Morgan fingerprint density at radius 1 is 1.33 bits per heavy atom. The van der Waals surface area contributed by atoms with Crippen LogP contribution in [0.15, 0.2) is 36.7 Å². The molecule has 0 spiro atoms. The second-order valence-electron chi connectivity index (χ2n) is 4.13. The van der Waals surface area contributed by atoms with Crippen molar-refractivity contribution in [3.05, 3.63) is 42.4 Å². The normalized spacial score (nSPS) is 10.9. The van der Waals surface area contributed by atoms with E-state index in [1.165, 1.54) is 0 Å². The Bertz CT molecular complexity index is 740. The molecule has 5 nitrogen and oxygen atoms in total. The van der Waals surface area contributed by atoms with E-state index in [9.17, 15) is 4.79 Å². The van der Waals surface area contributed by atoms with Crippen molar-refractivity contribution in [1.82, 2.24) is 14.8 Å².